The average molecular weight is 486 g/mol. The molecule has 0 saturated carbocycles. The van der Waals surface area contributed by atoms with E-state index in [1.165, 1.54) is 25.1 Å². The summed E-state index contributed by atoms with van der Waals surface area (Å²) in [4.78, 5) is 4.28. The van der Waals surface area contributed by atoms with Crippen LogP contribution < -0.4 is 10.6 Å². The zero-order valence-electron chi connectivity index (χ0n) is 16.1. The van der Waals surface area contributed by atoms with Crippen molar-refractivity contribution in [1.29, 1.82) is 0 Å². The van der Waals surface area contributed by atoms with Gasteiger partial charge in [0.2, 0.25) is 0 Å². The molecule has 0 saturated heterocycles. The number of fused-ring (bicyclic) bond motifs is 1. The molecule has 3 heterocycles. The van der Waals surface area contributed by atoms with Crippen molar-refractivity contribution in [2.45, 2.75) is 58.0 Å². The van der Waals surface area contributed by atoms with Crippen LogP contribution in [-0.4, -0.2) is 50.6 Å². The lowest BCUT2D eigenvalue weighted by Gasteiger charge is -2.12. The van der Waals surface area contributed by atoms with Crippen LogP contribution >= 0.6 is 24.0 Å². The monoisotopic (exact) mass is 486 g/mol. The van der Waals surface area contributed by atoms with Crippen LogP contribution in [0.15, 0.2) is 23.5 Å². The minimum absolute atomic E-state index is 0. The standard InChI is InChI=1S/C18H30N8.HI/c1-19-18(21-11-6-13-25-14-7-12-22-25)20-10-5-9-17-24-23-16-8-3-2-4-15-26(16)17;/h7,12,14H,2-6,8-11,13,15H2,1H3,(H2,19,20,21);1H. The van der Waals surface area contributed by atoms with Crippen molar-refractivity contribution in [3.8, 4) is 0 Å². The first-order valence-corrected chi connectivity index (χ1v) is 9.69. The number of nitrogens with one attached hydrogen (secondary N) is 2. The van der Waals surface area contributed by atoms with Crippen LogP contribution in [0.1, 0.15) is 43.8 Å². The molecular formula is C18H31IN8. The number of aryl methyl sites for hydroxylation is 3. The molecule has 0 bridgehead atoms. The van der Waals surface area contributed by atoms with Gasteiger partial charge in [0.15, 0.2) is 5.96 Å². The Balaban J connectivity index is 0.00000261. The molecular weight excluding hydrogens is 455 g/mol. The van der Waals surface area contributed by atoms with Crippen LogP contribution in [0, 0.1) is 0 Å². The Kier molecular flexibility index (Phi) is 9.57. The predicted molar refractivity (Wildman–Crippen MR) is 118 cm³/mol. The highest BCUT2D eigenvalue weighted by Crippen LogP contribution is 2.15. The van der Waals surface area contributed by atoms with Crippen molar-refractivity contribution in [3.63, 3.8) is 0 Å². The van der Waals surface area contributed by atoms with Crippen LogP contribution in [0.4, 0.5) is 0 Å². The van der Waals surface area contributed by atoms with Gasteiger partial charge < -0.3 is 15.2 Å². The Morgan fingerprint density at radius 1 is 1.15 bits per heavy atom. The number of guanidine groups is 1. The average Bonchev–Trinajstić information content (AvgIpc) is 3.25. The fourth-order valence-corrected chi connectivity index (χ4v) is 3.28. The molecule has 8 nitrogen and oxygen atoms in total. The highest BCUT2D eigenvalue weighted by molar-refractivity contribution is 14.0. The summed E-state index contributed by atoms with van der Waals surface area (Å²) in [7, 11) is 1.81. The molecule has 0 aliphatic carbocycles. The van der Waals surface area contributed by atoms with E-state index in [4.69, 9.17) is 0 Å². The van der Waals surface area contributed by atoms with Gasteiger partial charge in [-0.1, -0.05) is 6.42 Å². The first-order chi connectivity index (χ1) is 12.9. The van der Waals surface area contributed by atoms with E-state index in [9.17, 15) is 0 Å². The molecule has 0 spiro atoms. The van der Waals surface area contributed by atoms with E-state index in [0.717, 1.165) is 63.6 Å². The first kappa shape index (κ1) is 21.6. The van der Waals surface area contributed by atoms with Crippen molar-refractivity contribution >= 4 is 29.9 Å². The molecule has 27 heavy (non-hydrogen) atoms. The fraction of sp³-hybridized carbons (Fsp3) is 0.667. The minimum atomic E-state index is 0. The maximum Gasteiger partial charge on any atom is 0.190 e. The van der Waals surface area contributed by atoms with Gasteiger partial charge in [0.25, 0.3) is 0 Å². The molecule has 3 rings (SSSR count). The maximum absolute atomic E-state index is 4.39. The molecule has 2 N–H and O–H groups in total. The highest BCUT2D eigenvalue weighted by atomic mass is 127. The van der Waals surface area contributed by atoms with Crippen molar-refractivity contribution in [1.82, 2.24) is 35.2 Å². The second-order valence-electron chi connectivity index (χ2n) is 6.65. The molecule has 0 aromatic carbocycles. The van der Waals surface area contributed by atoms with Gasteiger partial charge >= 0.3 is 0 Å². The highest BCUT2D eigenvalue weighted by Gasteiger charge is 2.14. The number of hydrogen-bond donors (Lipinski definition) is 2. The lowest BCUT2D eigenvalue weighted by atomic mass is 10.2. The minimum Gasteiger partial charge on any atom is -0.356 e. The van der Waals surface area contributed by atoms with Gasteiger partial charge in [-0.3, -0.25) is 9.67 Å². The summed E-state index contributed by atoms with van der Waals surface area (Å²) in [5.41, 5.74) is 0. The van der Waals surface area contributed by atoms with E-state index in [0.29, 0.717) is 0 Å². The van der Waals surface area contributed by atoms with Crippen molar-refractivity contribution in [2.75, 3.05) is 20.1 Å². The van der Waals surface area contributed by atoms with Crippen LogP contribution in [-0.2, 0) is 25.9 Å². The Labute approximate surface area is 178 Å². The Morgan fingerprint density at radius 3 is 2.78 bits per heavy atom. The molecule has 1 aliphatic heterocycles. The summed E-state index contributed by atoms with van der Waals surface area (Å²) in [6.07, 6.45) is 11.6. The summed E-state index contributed by atoms with van der Waals surface area (Å²) in [6.45, 7) is 3.73. The van der Waals surface area contributed by atoms with Gasteiger partial charge in [-0.05, 0) is 31.7 Å². The van der Waals surface area contributed by atoms with Gasteiger partial charge in [-0.2, -0.15) is 5.10 Å². The molecule has 0 amide bonds. The zero-order chi connectivity index (χ0) is 18.0. The van der Waals surface area contributed by atoms with E-state index in [-0.39, 0.29) is 24.0 Å². The number of halogens is 1. The van der Waals surface area contributed by atoms with E-state index >= 15 is 0 Å². The third-order valence-electron chi connectivity index (χ3n) is 4.69. The van der Waals surface area contributed by atoms with E-state index in [2.05, 4.69) is 35.5 Å². The van der Waals surface area contributed by atoms with Gasteiger partial charge in [0.1, 0.15) is 11.6 Å². The van der Waals surface area contributed by atoms with Crippen LogP contribution in [0.25, 0.3) is 0 Å². The molecule has 150 valence electrons. The van der Waals surface area contributed by atoms with Crippen LogP contribution in [0.3, 0.4) is 0 Å². The Morgan fingerprint density at radius 2 is 2.00 bits per heavy atom. The summed E-state index contributed by atoms with van der Waals surface area (Å²) < 4.78 is 4.27. The smallest absolute Gasteiger partial charge is 0.190 e. The largest absolute Gasteiger partial charge is 0.356 e. The molecule has 0 atom stereocenters. The van der Waals surface area contributed by atoms with Crippen LogP contribution in [0.5, 0.6) is 0 Å². The van der Waals surface area contributed by atoms with Crippen molar-refractivity contribution in [3.05, 3.63) is 30.1 Å². The molecule has 1 aliphatic rings. The molecule has 0 fully saturated rings. The first-order valence-electron chi connectivity index (χ1n) is 9.69. The molecule has 2 aromatic heterocycles. The van der Waals surface area contributed by atoms with Crippen molar-refractivity contribution < 1.29 is 0 Å². The van der Waals surface area contributed by atoms with E-state index in [1.54, 1.807) is 7.05 Å². The van der Waals surface area contributed by atoms with Gasteiger partial charge in [0, 0.05) is 58.5 Å². The van der Waals surface area contributed by atoms with E-state index < -0.39 is 0 Å². The Hall–Kier alpha value is -1.65. The quantitative estimate of drug-likeness (QED) is 0.258. The molecule has 9 heteroatoms. The van der Waals surface area contributed by atoms with Crippen molar-refractivity contribution in [2.24, 2.45) is 4.99 Å². The summed E-state index contributed by atoms with van der Waals surface area (Å²) in [6, 6.07) is 1.95. The fourth-order valence-electron chi connectivity index (χ4n) is 3.28. The number of hydrogen-bond acceptors (Lipinski definition) is 4. The second-order valence-corrected chi connectivity index (χ2v) is 6.65. The number of aromatic nitrogens is 5. The van der Waals surface area contributed by atoms with E-state index in [1.807, 2.05) is 23.1 Å². The summed E-state index contributed by atoms with van der Waals surface area (Å²) >= 11 is 0. The SMILES string of the molecule is CN=C(NCCCc1nnc2n1CCCCC2)NCCCn1cccn1.I. The topological polar surface area (TPSA) is 85.0 Å². The third-order valence-corrected chi connectivity index (χ3v) is 4.69. The predicted octanol–water partition coefficient (Wildman–Crippen LogP) is 2.01. The molecule has 0 unspecified atom stereocenters. The zero-order valence-corrected chi connectivity index (χ0v) is 18.4. The van der Waals surface area contributed by atoms with Crippen LogP contribution in [0.2, 0.25) is 0 Å². The lowest BCUT2D eigenvalue weighted by Crippen LogP contribution is -2.38. The van der Waals surface area contributed by atoms with Gasteiger partial charge in [-0.25, -0.2) is 0 Å². The third kappa shape index (κ3) is 6.78. The molecule has 2 aromatic rings. The summed E-state index contributed by atoms with van der Waals surface area (Å²) in [5.74, 6) is 3.15. The maximum atomic E-state index is 4.39. The molecule has 0 radical (unpaired) electrons. The number of aliphatic imine (C=N–C) groups is 1. The number of nitrogens with zero attached hydrogens (tertiary/aromatic N) is 6. The summed E-state index contributed by atoms with van der Waals surface area (Å²) in [5, 5.41) is 19.7. The Bertz CT molecular complexity index is 680. The normalized spacial score (nSPS) is 14.2. The number of rotatable bonds is 8. The lowest BCUT2D eigenvalue weighted by molar-refractivity contribution is 0.569. The second kappa shape index (κ2) is 11.9. The van der Waals surface area contributed by atoms with Gasteiger partial charge in [-0.15, -0.1) is 34.2 Å². The van der Waals surface area contributed by atoms with Gasteiger partial charge in [0.05, 0.1) is 0 Å².